The maximum absolute atomic E-state index is 11.7. The molecule has 136 valence electrons. The summed E-state index contributed by atoms with van der Waals surface area (Å²) in [6, 6.07) is 7.78. The zero-order chi connectivity index (χ0) is 18.3. The predicted octanol–water partition coefficient (Wildman–Crippen LogP) is 4.89. The van der Waals surface area contributed by atoms with Crippen molar-refractivity contribution >= 4 is 52.6 Å². The Morgan fingerprint density at radius 1 is 1.31 bits per heavy atom. The molecule has 2 unspecified atom stereocenters. The highest BCUT2D eigenvalue weighted by atomic mass is 35.5. The smallest absolute Gasteiger partial charge is 0.219 e. The van der Waals surface area contributed by atoms with Gasteiger partial charge in [0.05, 0.1) is 0 Å². The van der Waals surface area contributed by atoms with Crippen LogP contribution < -0.4 is 0 Å². The van der Waals surface area contributed by atoms with E-state index in [1.165, 1.54) is 0 Å². The van der Waals surface area contributed by atoms with Crippen molar-refractivity contribution in [3.63, 3.8) is 0 Å². The molecular weight excluding hydrogens is 409 g/mol. The number of carbonyl (C=O) groups excluding carboxylic acids is 1. The number of piperidine rings is 1. The van der Waals surface area contributed by atoms with E-state index in [-0.39, 0.29) is 5.91 Å². The molecule has 1 amide bonds. The zero-order valence-electron chi connectivity index (χ0n) is 14.1. The van der Waals surface area contributed by atoms with Crippen molar-refractivity contribution in [2.75, 3.05) is 13.1 Å². The standard InChI is InChI=1S/C18H17Cl2N3OS2/c1-10(24)23-7-6-13-14(8-23)26-17-15(13)16(20)21-18(22-17)25-9-11-2-4-12(19)5-3-11/h2-5,13-14H,6-9H2,1H3. The average Bonchev–Trinajstić information content (AvgIpc) is 2.99. The van der Waals surface area contributed by atoms with Crippen LogP contribution in [-0.4, -0.2) is 39.1 Å². The molecule has 2 aliphatic heterocycles. The first-order chi connectivity index (χ1) is 12.5. The zero-order valence-corrected chi connectivity index (χ0v) is 17.3. The number of fused-ring (bicyclic) bond motifs is 3. The number of aromatic nitrogens is 2. The molecule has 1 saturated heterocycles. The molecule has 4 rings (SSSR count). The normalized spacial score (nSPS) is 21.4. The monoisotopic (exact) mass is 425 g/mol. The summed E-state index contributed by atoms with van der Waals surface area (Å²) < 4.78 is 0. The van der Waals surface area contributed by atoms with Crippen molar-refractivity contribution in [2.45, 2.75) is 40.4 Å². The van der Waals surface area contributed by atoms with Crippen molar-refractivity contribution in [1.82, 2.24) is 14.9 Å². The van der Waals surface area contributed by atoms with Gasteiger partial charge in [0.1, 0.15) is 10.2 Å². The van der Waals surface area contributed by atoms with Crippen LogP contribution in [0.4, 0.5) is 0 Å². The van der Waals surface area contributed by atoms with Crippen molar-refractivity contribution in [1.29, 1.82) is 0 Å². The van der Waals surface area contributed by atoms with E-state index in [2.05, 4.69) is 4.98 Å². The molecule has 4 nitrogen and oxygen atoms in total. The fourth-order valence-corrected chi connectivity index (χ4v) is 6.29. The summed E-state index contributed by atoms with van der Waals surface area (Å²) in [5.74, 6) is 1.24. The first kappa shape index (κ1) is 18.4. The first-order valence-electron chi connectivity index (χ1n) is 8.38. The largest absolute Gasteiger partial charge is 0.342 e. The summed E-state index contributed by atoms with van der Waals surface area (Å²) in [5, 5.41) is 3.28. The van der Waals surface area contributed by atoms with Gasteiger partial charge in [-0.2, -0.15) is 0 Å². The topological polar surface area (TPSA) is 46.1 Å². The molecule has 0 spiro atoms. The van der Waals surface area contributed by atoms with E-state index in [1.807, 2.05) is 29.2 Å². The highest BCUT2D eigenvalue weighted by molar-refractivity contribution is 8.00. The van der Waals surface area contributed by atoms with E-state index < -0.39 is 0 Å². The lowest BCUT2D eigenvalue weighted by Crippen LogP contribution is -2.42. The van der Waals surface area contributed by atoms with Gasteiger partial charge in [-0.05, 0) is 24.1 Å². The number of thioether (sulfide) groups is 2. The van der Waals surface area contributed by atoms with E-state index in [0.29, 0.717) is 21.5 Å². The van der Waals surface area contributed by atoms with Gasteiger partial charge in [-0.3, -0.25) is 4.79 Å². The molecule has 2 aliphatic rings. The predicted molar refractivity (Wildman–Crippen MR) is 107 cm³/mol. The number of nitrogens with zero attached hydrogens (tertiary/aromatic N) is 3. The molecule has 26 heavy (non-hydrogen) atoms. The minimum absolute atomic E-state index is 0.136. The van der Waals surface area contributed by atoms with Crippen molar-refractivity contribution in [3.05, 3.63) is 45.6 Å². The van der Waals surface area contributed by atoms with Gasteiger partial charge in [0.25, 0.3) is 0 Å². The van der Waals surface area contributed by atoms with Crippen LogP contribution in [0.3, 0.4) is 0 Å². The van der Waals surface area contributed by atoms with Gasteiger partial charge in [0.2, 0.25) is 5.91 Å². The number of carbonyl (C=O) groups is 1. The minimum Gasteiger partial charge on any atom is -0.342 e. The minimum atomic E-state index is 0.136. The molecule has 1 aromatic heterocycles. The fraction of sp³-hybridized carbons (Fsp3) is 0.389. The summed E-state index contributed by atoms with van der Waals surface area (Å²) >= 11 is 15.8. The Morgan fingerprint density at radius 3 is 2.81 bits per heavy atom. The Hall–Kier alpha value is -0.950. The van der Waals surface area contributed by atoms with Crippen LogP contribution in [0.15, 0.2) is 34.4 Å². The summed E-state index contributed by atoms with van der Waals surface area (Å²) in [5.41, 5.74) is 2.23. The Labute approximate surface area is 171 Å². The van der Waals surface area contributed by atoms with Crippen molar-refractivity contribution < 1.29 is 4.79 Å². The molecule has 2 aromatic rings. The van der Waals surface area contributed by atoms with Gasteiger partial charge in [0, 0.05) is 47.5 Å². The molecule has 0 aliphatic carbocycles. The summed E-state index contributed by atoms with van der Waals surface area (Å²) in [6.07, 6.45) is 0.921. The number of benzene rings is 1. The van der Waals surface area contributed by atoms with E-state index in [9.17, 15) is 4.79 Å². The number of amides is 1. The Morgan fingerprint density at radius 2 is 2.08 bits per heavy atom. The molecular formula is C18H17Cl2N3OS2. The highest BCUT2D eigenvalue weighted by Gasteiger charge is 2.41. The molecule has 1 aromatic carbocycles. The SMILES string of the molecule is CC(=O)N1CCC2c3c(Cl)nc(SCc4ccc(Cl)cc4)nc3SC2C1. The number of hydrogen-bond acceptors (Lipinski definition) is 5. The second-order valence-electron chi connectivity index (χ2n) is 6.45. The molecule has 1 fully saturated rings. The van der Waals surface area contributed by atoms with Crippen LogP contribution in [0.1, 0.15) is 30.4 Å². The Balaban J connectivity index is 1.50. The molecule has 0 radical (unpaired) electrons. The molecule has 3 heterocycles. The molecule has 0 N–H and O–H groups in total. The Kier molecular flexibility index (Phi) is 5.37. The van der Waals surface area contributed by atoms with Crippen LogP contribution in [0, 0.1) is 0 Å². The summed E-state index contributed by atoms with van der Waals surface area (Å²) in [6.45, 7) is 3.16. The van der Waals surface area contributed by atoms with Gasteiger partial charge in [0.15, 0.2) is 5.16 Å². The van der Waals surface area contributed by atoms with Crippen LogP contribution in [0.5, 0.6) is 0 Å². The van der Waals surface area contributed by atoms with Crippen LogP contribution in [0.25, 0.3) is 0 Å². The highest BCUT2D eigenvalue weighted by Crippen LogP contribution is 2.50. The van der Waals surface area contributed by atoms with Gasteiger partial charge in [-0.1, -0.05) is 47.1 Å². The van der Waals surface area contributed by atoms with E-state index in [0.717, 1.165) is 46.4 Å². The van der Waals surface area contributed by atoms with Crippen molar-refractivity contribution in [2.24, 2.45) is 0 Å². The lowest BCUT2D eigenvalue weighted by Gasteiger charge is -2.33. The third kappa shape index (κ3) is 3.70. The van der Waals surface area contributed by atoms with E-state index >= 15 is 0 Å². The van der Waals surface area contributed by atoms with Crippen LogP contribution in [0.2, 0.25) is 10.2 Å². The second kappa shape index (κ2) is 7.58. The maximum Gasteiger partial charge on any atom is 0.219 e. The van der Waals surface area contributed by atoms with Crippen LogP contribution in [-0.2, 0) is 10.5 Å². The van der Waals surface area contributed by atoms with E-state index in [4.69, 9.17) is 28.2 Å². The number of halogens is 2. The third-order valence-corrected chi connectivity index (χ3v) is 7.54. The molecule has 8 heteroatoms. The first-order valence-corrected chi connectivity index (χ1v) is 11.0. The number of rotatable bonds is 3. The van der Waals surface area contributed by atoms with Gasteiger partial charge in [-0.25, -0.2) is 9.97 Å². The second-order valence-corrected chi connectivity index (χ2v) is 9.41. The van der Waals surface area contributed by atoms with Crippen molar-refractivity contribution in [3.8, 4) is 0 Å². The maximum atomic E-state index is 11.7. The molecule has 2 atom stereocenters. The quantitative estimate of drug-likeness (QED) is 0.398. The van der Waals surface area contributed by atoms with Gasteiger partial charge < -0.3 is 4.90 Å². The summed E-state index contributed by atoms with van der Waals surface area (Å²) in [4.78, 5) is 22.8. The average molecular weight is 426 g/mol. The Bertz CT molecular complexity index is 847. The van der Waals surface area contributed by atoms with Gasteiger partial charge >= 0.3 is 0 Å². The fourth-order valence-electron chi connectivity index (χ4n) is 3.39. The molecule has 0 saturated carbocycles. The number of hydrogen-bond donors (Lipinski definition) is 0. The van der Waals surface area contributed by atoms with Crippen LogP contribution >= 0.6 is 46.7 Å². The van der Waals surface area contributed by atoms with Gasteiger partial charge in [-0.15, -0.1) is 11.8 Å². The molecule has 0 bridgehead atoms. The number of likely N-dealkylation sites (tertiary alicyclic amines) is 1. The third-order valence-electron chi connectivity index (χ3n) is 4.76. The summed E-state index contributed by atoms with van der Waals surface area (Å²) in [7, 11) is 0. The lowest BCUT2D eigenvalue weighted by atomic mass is 9.91. The lowest BCUT2D eigenvalue weighted by molar-refractivity contribution is -0.129. The van der Waals surface area contributed by atoms with E-state index in [1.54, 1.807) is 30.4 Å².